The number of fused-ring (bicyclic) bond motifs is 1. The van der Waals surface area contributed by atoms with Crippen molar-refractivity contribution in [2.75, 3.05) is 24.3 Å². The molecule has 0 atom stereocenters. The molecule has 194 valence electrons. The van der Waals surface area contributed by atoms with Crippen molar-refractivity contribution in [3.05, 3.63) is 82.1 Å². The Labute approximate surface area is 215 Å². The van der Waals surface area contributed by atoms with Crippen LogP contribution in [0.25, 0.3) is 21.9 Å². The van der Waals surface area contributed by atoms with Crippen LogP contribution in [-0.4, -0.2) is 46.3 Å². The largest absolute Gasteiger partial charge is 0.490 e. The highest BCUT2D eigenvalue weighted by Crippen LogP contribution is 2.36. The second-order valence-corrected chi connectivity index (χ2v) is 8.06. The third-order valence-corrected chi connectivity index (χ3v) is 5.63. The van der Waals surface area contributed by atoms with Crippen LogP contribution in [-0.2, 0) is 4.79 Å². The van der Waals surface area contributed by atoms with Crippen LogP contribution in [0.2, 0.25) is 0 Å². The van der Waals surface area contributed by atoms with Crippen LogP contribution in [0.15, 0.2) is 65.5 Å². The molecule has 0 fully saturated rings. The Hall–Kier alpha value is -5.32. The van der Waals surface area contributed by atoms with E-state index in [-0.39, 0.29) is 35.8 Å². The highest BCUT2D eigenvalue weighted by Gasteiger charge is 2.27. The predicted molar refractivity (Wildman–Crippen MR) is 140 cm³/mol. The van der Waals surface area contributed by atoms with Crippen LogP contribution in [0, 0.1) is 0 Å². The minimum atomic E-state index is -1.63. The van der Waals surface area contributed by atoms with Crippen LogP contribution >= 0.6 is 0 Å². The molecule has 0 saturated heterocycles. The van der Waals surface area contributed by atoms with E-state index in [1.54, 1.807) is 13.0 Å². The normalized spacial score (nSPS) is 10.7. The van der Waals surface area contributed by atoms with E-state index in [1.807, 2.05) is 36.4 Å². The maximum Gasteiger partial charge on any atom is 0.342 e. The number of carboxylic acids is 2. The van der Waals surface area contributed by atoms with Crippen molar-refractivity contribution >= 4 is 40.1 Å². The summed E-state index contributed by atoms with van der Waals surface area (Å²) >= 11 is 0. The minimum Gasteiger partial charge on any atom is -0.490 e. The molecule has 1 heterocycles. The van der Waals surface area contributed by atoms with E-state index in [2.05, 4.69) is 10.3 Å². The standard InChI is InChI=1S/C27H23N3O8/c1-2-37-19-12-15(21-22(26(33)34)24(28)30-25(32)23(21)27(35)36)10-11-18(19)38-13-20(31)29-17-9-5-7-14-6-3-4-8-16(14)17/h3-12H,2,13H2,1H3,(H,29,31)(H,33,34)(H,35,36)(H3,28,30,32). The zero-order chi connectivity index (χ0) is 27.4. The molecule has 0 saturated carbocycles. The molecular formula is C27H23N3O8. The van der Waals surface area contributed by atoms with E-state index in [0.717, 1.165) is 10.8 Å². The summed E-state index contributed by atoms with van der Waals surface area (Å²) in [5.74, 6) is -3.83. The van der Waals surface area contributed by atoms with Gasteiger partial charge in [-0.15, -0.1) is 0 Å². The third kappa shape index (κ3) is 5.12. The lowest BCUT2D eigenvalue weighted by molar-refractivity contribution is -0.118. The number of carbonyl (C=O) groups is 3. The van der Waals surface area contributed by atoms with Gasteiger partial charge in [0, 0.05) is 16.6 Å². The van der Waals surface area contributed by atoms with Crippen LogP contribution in [0.1, 0.15) is 27.6 Å². The molecule has 38 heavy (non-hydrogen) atoms. The van der Waals surface area contributed by atoms with Gasteiger partial charge in [0.2, 0.25) is 0 Å². The first kappa shape index (κ1) is 25.8. The molecule has 11 heteroatoms. The Morgan fingerprint density at radius 2 is 1.63 bits per heavy atom. The fourth-order valence-corrected chi connectivity index (χ4v) is 4.05. The average Bonchev–Trinajstić information content (AvgIpc) is 2.87. The lowest BCUT2D eigenvalue weighted by Gasteiger charge is -2.16. The summed E-state index contributed by atoms with van der Waals surface area (Å²) in [6.45, 7) is 1.50. The number of benzene rings is 3. The lowest BCUT2D eigenvalue weighted by atomic mass is 9.95. The van der Waals surface area contributed by atoms with Crippen molar-refractivity contribution in [1.29, 1.82) is 0 Å². The van der Waals surface area contributed by atoms with Gasteiger partial charge in [0.15, 0.2) is 18.1 Å². The number of rotatable bonds is 9. The molecule has 1 aromatic heterocycles. The summed E-state index contributed by atoms with van der Waals surface area (Å²) in [6, 6.07) is 17.2. The monoisotopic (exact) mass is 517 g/mol. The number of aromatic carboxylic acids is 2. The van der Waals surface area contributed by atoms with Gasteiger partial charge < -0.3 is 35.7 Å². The number of H-pyrrole nitrogens is 1. The first-order chi connectivity index (χ1) is 18.2. The molecule has 4 rings (SSSR count). The number of carboxylic acid groups (broad SMARTS) is 2. The maximum atomic E-state index is 12.6. The number of ether oxygens (including phenoxy) is 2. The summed E-state index contributed by atoms with van der Waals surface area (Å²) in [4.78, 5) is 50.8. The SMILES string of the molecule is CCOc1cc(-c2c(C(=O)O)c(N)[nH]c(=O)c2C(=O)O)ccc1OCC(=O)Nc1cccc2ccccc12. The molecular weight excluding hydrogens is 494 g/mol. The molecule has 0 aliphatic heterocycles. The van der Waals surface area contributed by atoms with Gasteiger partial charge in [-0.2, -0.15) is 0 Å². The quantitative estimate of drug-likeness (QED) is 0.222. The second-order valence-electron chi connectivity index (χ2n) is 8.06. The molecule has 0 spiro atoms. The number of amides is 1. The zero-order valence-corrected chi connectivity index (χ0v) is 20.1. The van der Waals surface area contributed by atoms with Crippen molar-refractivity contribution in [3.63, 3.8) is 0 Å². The van der Waals surface area contributed by atoms with Crippen molar-refractivity contribution in [2.45, 2.75) is 6.92 Å². The fraction of sp³-hybridized carbons (Fsp3) is 0.111. The second kappa shape index (κ2) is 10.7. The van der Waals surface area contributed by atoms with E-state index in [9.17, 15) is 29.4 Å². The Kier molecular flexibility index (Phi) is 7.28. The van der Waals surface area contributed by atoms with E-state index < -0.39 is 40.3 Å². The Morgan fingerprint density at radius 3 is 2.34 bits per heavy atom. The summed E-state index contributed by atoms with van der Waals surface area (Å²) < 4.78 is 11.3. The highest BCUT2D eigenvalue weighted by molar-refractivity contribution is 6.07. The number of nitrogens with two attached hydrogens (primary N) is 1. The molecule has 4 aromatic rings. The molecule has 0 aliphatic rings. The Bertz CT molecular complexity index is 1620. The first-order valence-electron chi connectivity index (χ1n) is 11.4. The number of pyridine rings is 1. The summed E-state index contributed by atoms with van der Waals surface area (Å²) in [6.07, 6.45) is 0. The van der Waals surface area contributed by atoms with Crippen LogP contribution in [0.5, 0.6) is 11.5 Å². The van der Waals surface area contributed by atoms with Crippen molar-refractivity contribution < 1.29 is 34.1 Å². The van der Waals surface area contributed by atoms with Gasteiger partial charge in [-0.3, -0.25) is 9.59 Å². The number of hydrogen-bond donors (Lipinski definition) is 5. The van der Waals surface area contributed by atoms with Crippen molar-refractivity contribution in [1.82, 2.24) is 4.98 Å². The molecule has 0 aliphatic carbocycles. The molecule has 0 bridgehead atoms. The van der Waals surface area contributed by atoms with Crippen LogP contribution in [0.4, 0.5) is 11.5 Å². The smallest absolute Gasteiger partial charge is 0.342 e. The molecule has 3 aromatic carbocycles. The predicted octanol–water partition coefficient (Wildman–Crippen LogP) is 3.59. The van der Waals surface area contributed by atoms with E-state index >= 15 is 0 Å². The van der Waals surface area contributed by atoms with E-state index in [0.29, 0.717) is 5.69 Å². The number of carbonyl (C=O) groups excluding carboxylic acids is 1. The van der Waals surface area contributed by atoms with Crippen LogP contribution in [0.3, 0.4) is 0 Å². The Morgan fingerprint density at radius 1 is 0.921 bits per heavy atom. The highest BCUT2D eigenvalue weighted by atomic mass is 16.5. The van der Waals surface area contributed by atoms with E-state index in [1.165, 1.54) is 18.2 Å². The van der Waals surface area contributed by atoms with Gasteiger partial charge >= 0.3 is 11.9 Å². The van der Waals surface area contributed by atoms with Gasteiger partial charge in [-0.1, -0.05) is 42.5 Å². The minimum absolute atomic E-state index is 0.0496. The van der Waals surface area contributed by atoms with Crippen molar-refractivity contribution in [3.8, 4) is 22.6 Å². The van der Waals surface area contributed by atoms with Gasteiger partial charge in [-0.05, 0) is 36.1 Å². The Balaban J connectivity index is 1.65. The number of aromatic amines is 1. The summed E-state index contributed by atoms with van der Waals surface area (Å²) in [5.41, 5.74) is 3.57. The average molecular weight is 517 g/mol. The number of aromatic nitrogens is 1. The summed E-state index contributed by atoms with van der Waals surface area (Å²) in [7, 11) is 0. The third-order valence-electron chi connectivity index (χ3n) is 5.63. The van der Waals surface area contributed by atoms with Gasteiger partial charge in [0.25, 0.3) is 11.5 Å². The first-order valence-corrected chi connectivity index (χ1v) is 11.4. The summed E-state index contributed by atoms with van der Waals surface area (Å²) in [5, 5.41) is 23.9. The van der Waals surface area contributed by atoms with Gasteiger partial charge in [0.05, 0.1) is 6.61 Å². The number of nitrogens with one attached hydrogen (secondary N) is 2. The molecule has 1 amide bonds. The molecule has 0 radical (unpaired) electrons. The van der Waals surface area contributed by atoms with Gasteiger partial charge in [-0.25, -0.2) is 9.59 Å². The number of nitrogen functional groups attached to an aromatic ring is 1. The van der Waals surface area contributed by atoms with Crippen molar-refractivity contribution in [2.24, 2.45) is 0 Å². The molecule has 0 unspecified atom stereocenters. The van der Waals surface area contributed by atoms with Gasteiger partial charge in [0.1, 0.15) is 16.9 Å². The number of anilines is 2. The van der Waals surface area contributed by atoms with Crippen LogP contribution < -0.4 is 26.1 Å². The fourth-order valence-electron chi connectivity index (χ4n) is 4.05. The maximum absolute atomic E-state index is 12.6. The lowest BCUT2D eigenvalue weighted by Crippen LogP contribution is -2.24. The topological polar surface area (TPSA) is 181 Å². The zero-order valence-electron chi connectivity index (χ0n) is 20.1. The molecule has 6 N–H and O–H groups in total. The number of hydrogen-bond acceptors (Lipinski definition) is 7. The molecule has 11 nitrogen and oxygen atoms in total. The van der Waals surface area contributed by atoms with E-state index in [4.69, 9.17) is 15.2 Å².